The number of carboxylic acids is 1. The van der Waals surface area contributed by atoms with Crippen LogP contribution in [-0.2, 0) is 9.59 Å². The molecule has 1 saturated heterocycles. The third-order valence-corrected chi connectivity index (χ3v) is 3.56. The van der Waals surface area contributed by atoms with Crippen molar-refractivity contribution in [3.05, 3.63) is 0 Å². The van der Waals surface area contributed by atoms with Crippen molar-refractivity contribution in [1.82, 2.24) is 15.1 Å². The number of likely N-dealkylation sites (tertiary alicyclic amines) is 1. The first kappa shape index (κ1) is 16.3. The SMILES string of the molecule is CCN(CC)C(=O)CNC(=O)N1CCCC1CC(=O)O. The van der Waals surface area contributed by atoms with Gasteiger partial charge in [0.1, 0.15) is 0 Å². The highest BCUT2D eigenvalue weighted by atomic mass is 16.4. The second kappa shape index (κ2) is 7.72. The Kier molecular flexibility index (Phi) is 6.27. The lowest BCUT2D eigenvalue weighted by molar-refractivity contribution is -0.138. The lowest BCUT2D eigenvalue weighted by atomic mass is 10.1. The molecule has 2 N–H and O–H groups in total. The van der Waals surface area contributed by atoms with Gasteiger partial charge in [-0.25, -0.2) is 4.79 Å². The molecule has 0 bridgehead atoms. The van der Waals surface area contributed by atoms with Gasteiger partial charge in [-0.2, -0.15) is 0 Å². The molecule has 20 heavy (non-hydrogen) atoms. The quantitative estimate of drug-likeness (QED) is 0.743. The van der Waals surface area contributed by atoms with Gasteiger partial charge in [0.2, 0.25) is 5.91 Å². The minimum atomic E-state index is -0.908. The zero-order valence-corrected chi connectivity index (χ0v) is 12.1. The van der Waals surface area contributed by atoms with Crippen LogP contribution in [0, 0.1) is 0 Å². The van der Waals surface area contributed by atoms with E-state index in [0.717, 1.165) is 6.42 Å². The van der Waals surface area contributed by atoms with Crippen LogP contribution < -0.4 is 5.32 Å². The Labute approximate surface area is 118 Å². The lowest BCUT2D eigenvalue weighted by Crippen LogP contribution is -2.47. The highest BCUT2D eigenvalue weighted by Crippen LogP contribution is 2.19. The molecule has 1 atom stereocenters. The second-order valence-electron chi connectivity index (χ2n) is 4.81. The van der Waals surface area contributed by atoms with E-state index in [0.29, 0.717) is 26.1 Å². The molecule has 3 amide bonds. The zero-order valence-electron chi connectivity index (χ0n) is 12.1. The summed E-state index contributed by atoms with van der Waals surface area (Å²) in [5.74, 6) is -1.04. The second-order valence-corrected chi connectivity index (χ2v) is 4.81. The summed E-state index contributed by atoms with van der Waals surface area (Å²) in [6, 6.07) is -0.620. The Bertz CT molecular complexity index is 369. The first-order valence-corrected chi connectivity index (χ1v) is 7.03. The monoisotopic (exact) mass is 285 g/mol. The molecular weight excluding hydrogens is 262 g/mol. The fourth-order valence-corrected chi connectivity index (χ4v) is 2.46. The molecule has 1 heterocycles. The largest absolute Gasteiger partial charge is 0.481 e. The summed E-state index contributed by atoms with van der Waals surface area (Å²) in [6.07, 6.45) is 1.45. The molecule has 0 aliphatic carbocycles. The maximum Gasteiger partial charge on any atom is 0.318 e. The summed E-state index contributed by atoms with van der Waals surface area (Å²) in [5, 5.41) is 11.4. The van der Waals surface area contributed by atoms with Crippen LogP contribution in [0.5, 0.6) is 0 Å². The minimum absolute atomic E-state index is 0.0442. The van der Waals surface area contributed by atoms with Gasteiger partial charge in [0.05, 0.1) is 13.0 Å². The van der Waals surface area contributed by atoms with Crippen LogP contribution in [0.15, 0.2) is 0 Å². The predicted molar refractivity (Wildman–Crippen MR) is 73.3 cm³/mol. The van der Waals surface area contributed by atoms with E-state index in [9.17, 15) is 14.4 Å². The number of carbonyl (C=O) groups is 3. The van der Waals surface area contributed by atoms with Gasteiger partial charge in [0, 0.05) is 25.7 Å². The number of carbonyl (C=O) groups excluding carboxylic acids is 2. The van der Waals surface area contributed by atoms with Crippen molar-refractivity contribution >= 4 is 17.9 Å². The van der Waals surface area contributed by atoms with Gasteiger partial charge in [-0.3, -0.25) is 9.59 Å². The van der Waals surface area contributed by atoms with Crippen LogP contribution >= 0.6 is 0 Å². The Morgan fingerprint density at radius 3 is 2.50 bits per heavy atom. The summed E-state index contributed by atoms with van der Waals surface area (Å²) in [5.41, 5.74) is 0. The number of hydrogen-bond acceptors (Lipinski definition) is 3. The summed E-state index contributed by atoms with van der Waals surface area (Å²) in [4.78, 5) is 37.7. The van der Waals surface area contributed by atoms with Crippen LogP contribution in [0.2, 0.25) is 0 Å². The van der Waals surface area contributed by atoms with Gasteiger partial charge in [0.25, 0.3) is 0 Å². The van der Waals surface area contributed by atoms with Crippen molar-refractivity contribution in [2.45, 2.75) is 39.2 Å². The fourth-order valence-electron chi connectivity index (χ4n) is 2.46. The Hall–Kier alpha value is -1.79. The highest BCUT2D eigenvalue weighted by molar-refractivity contribution is 5.84. The van der Waals surface area contributed by atoms with E-state index in [4.69, 9.17) is 5.11 Å². The average Bonchev–Trinajstić information content (AvgIpc) is 2.84. The van der Waals surface area contributed by atoms with Gasteiger partial charge in [-0.1, -0.05) is 0 Å². The van der Waals surface area contributed by atoms with E-state index >= 15 is 0 Å². The average molecular weight is 285 g/mol. The summed E-state index contributed by atoms with van der Waals surface area (Å²) in [7, 11) is 0. The van der Waals surface area contributed by atoms with Crippen LogP contribution in [-0.4, -0.2) is 65.0 Å². The Morgan fingerprint density at radius 1 is 1.30 bits per heavy atom. The first-order chi connectivity index (χ1) is 9.49. The standard InChI is InChI=1S/C13H23N3O4/c1-3-15(4-2)11(17)9-14-13(20)16-7-5-6-10(16)8-12(18)19/h10H,3-9H2,1-2H3,(H,14,20)(H,18,19). The molecular formula is C13H23N3O4. The maximum atomic E-state index is 12.0. The molecule has 0 aromatic carbocycles. The predicted octanol–water partition coefficient (Wildman–Crippen LogP) is 0.504. The van der Waals surface area contributed by atoms with Crippen molar-refractivity contribution in [1.29, 1.82) is 0 Å². The molecule has 1 rings (SSSR count). The maximum absolute atomic E-state index is 12.0. The molecule has 1 aliphatic heterocycles. The van der Waals surface area contributed by atoms with Gasteiger partial charge in [-0.15, -0.1) is 0 Å². The van der Waals surface area contributed by atoms with Crippen molar-refractivity contribution in [2.24, 2.45) is 0 Å². The van der Waals surface area contributed by atoms with Gasteiger partial charge < -0.3 is 20.2 Å². The number of hydrogen-bond donors (Lipinski definition) is 2. The number of rotatable bonds is 6. The van der Waals surface area contributed by atoms with E-state index in [1.54, 1.807) is 4.90 Å². The third kappa shape index (κ3) is 4.40. The highest BCUT2D eigenvalue weighted by Gasteiger charge is 2.30. The number of nitrogens with one attached hydrogen (secondary N) is 1. The fraction of sp³-hybridized carbons (Fsp3) is 0.769. The minimum Gasteiger partial charge on any atom is -0.481 e. The molecule has 0 aromatic rings. The van der Waals surface area contributed by atoms with Crippen LogP contribution in [0.4, 0.5) is 4.79 Å². The number of nitrogens with zero attached hydrogens (tertiary/aromatic N) is 2. The van der Waals surface area contributed by atoms with Crippen molar-refractivity contribution in [2.75, 3.05) is 26.2 Å². The van der Waals surface area contributed by atoms with Crippen molar-refractivity contribution < 1.29 is 19.5 Å². The molecule has 7 nitrogen and oxygen atoms in total. The number of likely N-dealkylation sites (N-methyl/N-ethyl adjacent to an activating group) is 1. The molecule has 1 unspecified atom stereocenters. The number of aliphatic carboxylic acids is 1. The van der Waals surface area contributed by atoms with E-state index in [1.165, 1.54) is 4.90 Å². The topological polar surface area (TPSA) is 90.0 Å². The van der Waals surface area contributed by atoms with Gasteiger partial charge >= 0.3 is 12.0 Å². The van der Waals surface area contributed by atoms with Crippen molar-refractivity contribution in [3.63, 3.8) is 0 Å². The molecule has 0 radical (unpaired) electrons. The number of carboxylic acid groups (broad SMARTS) is 1. The molecule has 0 saturated carbocycles. The van der Waals surface area contributed by atoms with E-state index in [1.807, 2.05) is 13.8 Å². The Balaban J connectivity index is 2.45. The molecule has 1 aliphatic rings. The summed E-state index contributed by atoms with van der Waals surface area (Å²) < 4.78 is 0. The molecule has 0 aromatic heterocycles. The molecule has 1 fully saturated rings. The smallest absolute Gasteiger partial charge is 0.318 e. The van der Waals surface area contributed by atoms with E-state index in [2.05, 4.69) is 5.32 Å². The third-order valence-electron chi connectivity index (χ3n) is 3.56. The van der Waals surface area contributed by atoms with Crippen LogP contribution in [0.25, 0.3) is 0 Å². The van der Waals surface area contributed by atoms with Crippen LogP contribution in [0.1, 0.15) is 33.1 Å². The molecule has 0 spiro atoms. The normalized spacial score (nSPS) is 17.9. The molecule has 7 heteroatoms. The van der Waals surface area contributed by atoms with E-state index < -0.39 is 5.97 Å². The molecule has 114 valence electrons. The summed E-state index contributed by atoms with van der Waals surface area (Å²) in [6.45, 7) is 5.48. The zero-order chi connectivity index (χ0) is 15.1. The Morgan fingerprint density at radius 2 is 1.95 bits per heavy atom. The lowest BCUT2D eigenvalue weighted by Gasteiger charge is -2.25. The number of amides is 3. The van der Waals surface area contributed by atoms with Gasteiger partial charge in [0.15, 0.2) is 0 Å². The number of urea groups is 1. The van der Waals surface area contributed by atoms with Crippen molar-refractivity contribution in [3.8, 4) is 0 Å². The first-order valence-electron chi connectivity index (χ1n) is 7.03. The summed E-state index contributed by atoms with van der Waals surface area (Å²) >= 11 is 0. The van der Waals surface area contributed by atoms with E-state index in [-0.39, 0.29) is 30.9 Å². The van der Waals surface area contributed by atoms with Gasteiger partial charge in [-0.05, 0) is 26.7 Å². The van der Waals surface area contributed by atoms with Crippen LogP contribution in [0.3, 0.4) is 0 Å².